The van der Waals surface area contributed by atoms with Gasteiger partial charge in [0.25, 0.3) is 11.1 Å². The van der Waals surface area contributed by atoms with Gasteiger partial charge in [-0.25, -0.2) is 0 Å². The summed E-state index contributed by atoms with van der Waals surface area (Å²) >= 11 is 6.76. The van der Waals surface area contributed by atoms with E-state index < -0.39 is 0 Å². The summed E-state index contributed by atoms with van der Waals surface area (Å²) in [4.78, 5) is 26.5. The Labute approximate surface area is 171 Å². The van der Waals surface area contributed by atoms with Gasteiger partial charge in [0.15, 0.2) is 18.1 Å². The lowest BCUT2D eigenvalue weighted by molar-refractivity contribution is -0.123. The zero-order valence-electron chi connectivity index (χ0n) is 14.8. The fraction of sp³-hybridized carbons (Fsp3) is 0.150. The van der Waals surface area contributed by atoms with Crippen LogP contribution in [0.25, 0.3) is 6.08 Å². The Bertz CT molecular complexity index is 983. The van der Waals surface area contributed by atoms with Crippen molar-refractivity contribution in [2.45, 2.75) is 6.54 Å². The van der Waals surface area contributed by atoms with Crippen molar-refractivity contribution in [3.8, 4) is 17.6 Å². The van der Waals surface area contributed by atoms with Crippen molar-refractivity contribution in [3.05, 3.63) is 63.5 Å². The molecular formula is C20H15ClN2O4S. The zero-order chi connectivity index (χ0) is 20.1. The largest absolute Gasteiger partial charge is 0.493 e. The van der Waals surface area contributed by atoms with Gasteiger partial charge < -0.3 is 9.47 Å². The van der Waals surface area contributed by atoms with Gasteiger partial charge in [0.1, 0.15) is 6.07 Å². The fourth-order valence-electron chi connectivity index (χ4n) is 2.56. The molecule has 2 aromatic rings. The van der Waals surface area contributed by atoms with Crippen molar-refractivity contribution in [3.63, 3.8) is 0 Å². The van der Waals surface area contributed by atoms with E-state index in [2.05, 4.69) is 0 Å². The van der Waals surface area contributed by atoms with E-state index >= 15 is 0 Å². The van der Waals surface area contributed by atoms with Crippen LogP contribution in [0, 0.1) is 11.3 Å². The van der Waals surface area contributed by atoms with E-state index in [0.717, 1.165) is 17.3 Å². The number of imide groups is 1. The minimum atomic E-state index is -0.353. The van der Waals surface area contributed by atoms with Crippen molar-refractivity contribution in [1.29, 1.82) is 5.26 Å². The highest BCUT2D eigenvalue weighted by Gasteiger charge is 2.35. The highest BCUT2D eigenvalue weighted by Crippen LogP contribution is 2.35. The van der Waals surface area contributed by atoms with Gasteiger partial charge in [0.05, 0.1) is 18.6 Å². The lowest BCUT2D eigenvalue weighted by Gasteiger charge is -2.12. The molecule has 6 nitrogen and oxygen atoms in total. The Morgan fingerprint density at radius 2 is 1.93 bits per heavy atom. The molecule has 0 aliphatic carbocycles. The summed E-state index contributed by atoms with van der Waals surface area (Å²) in [6.07, 6.45) is 1.63. The maximum atomic E-state index is 12.7. The lowest BCUT2D eigenvalue weighted by atomic mass is 10.1. The van der Waals surface area contributed by atoms with Crippen LogP contribution in [0.3, 0.4) is 0 Å². The molecule has 142 valence electrons. The number of carbonyl (C=O) groups excluding carboxylic acids is 2. The molecule has 3 rings (SSSR count). The summed E-state index contributed by atoms with van der Waals surface area (Å²) in [5, 5.41) is 8.89. The third-order valence-electron chi connectivity index (χ3n) is 3.91. The first-order valence-electron chi connectivity index (χ1n) is 8.19. The van der Waals surface area contributed by atoms with Crippen molar-refractivity contribution < 1.29 is 19.1 Å². The molecule has 8 heteroatoms. The smallest absolute Gasteiger partial charge is 0.293 e. The number of methoxy groups -OCH3 is 1. The second kappa shape index (κ2) is 8.83. The van der Waals surface area contributed by atoms with Gasteiger partial charge in [-0.3, -0.25) is 14.5 Å². The van der Waals surface area contributed by atoms with E-state index in [1.54, 1.807) is 48.5 Å². The minimum Gasteiger partial charge on any atom is -0.493 e. The molecule has 0 unspecified atom stereocenters. The van der Waals surface area contributed by atoms with Gasteiger partial charge in [-0.2, -0.15) is 5.26 Å². The van der Waals surface area contributed by atoms with E-state index in [4.69, 9.17) is 26.3 Å². The second-order valence-corrected chi connectivity index (χ2v) is 7.18. The Morgan fingerprint density at radius 3 is 2.61 bits per heavy atom. The normalized spacial score (nSPS) is 15.0. The number of nitrogens with zero attached hydrogens (tertiary/aromatic N) is 2. The number of carbonyl (C=O) groups is 2. The molecule has 2 aromatic carbocycles. The molecule has 0 radical (unpaired) electrons. The minimum absolute atomic E-state index is 0.0979. The molecule has 0 saturated carbocycles. The number of benzene rings is 2. The van der Waals surface area contributed by atoms with Crippen LogP contribution in [0.5, 0.6) is 11.5 Å². The van der Waals surface area contributed by atoms with E-state index in [1.165, 1.54) is 12.0 Å². The molecule has 1 saturated heterocycles. The van der Waals surface area contributed by atoms with Crippen LogP contribution in [0.4, 0.5) is 4.79 Å². The summed E-state index contributed by atoms with van der Waals surface area (Å²) in [7, 11) is 1.48. The van der Waals surface area contributed by atoms with E-state index in [1.807, 2.05) is 6.07 Å². The third-order valence-corrected chi connectivity index (χ3v) is 5.06. The fourth-order valence-corrected chi connectivity index (χ4v) is 3.53. The number of nitriles is 1. The SMILES string of the molecule is COc1cc(/C=C2/SC(=O)N(Cc3ccc(Cl)cc3)C2=O)ccc1OCC#N. The summed E-state index contributed by atoms with van der Waals surface area (Å²) in [5.41, 5.74) is 1.49. The van der Waals surface area contributed by atoms with Crippen LogP contribution < -0.4 is 9.47 Å². The van der Waals surface area contributed by atoms with Crippen molar-refractivity contribution in [2.75, 3.05) is 13.7 Å². The van der Waals surface area contributed by atoms with E-state index in [9.17, 15) is 9.59 Å². The average Bonchev–Trinajstić information content (AvgIpc) is 2.95. The highest BCUT2D eigenvalue weighted by molar-refractivity contribution is 8.18. The summed E-state index contributed by atoms with van der Waals surface area (Å²) in [6, 6.07) is 13.9. The standard InChI is InChI=1S/C20H15ClN2O4S/c1-26-17-10-14(4-7-16(17)27-9-8-22)11-18-19(24)23(20(25)28-18)12-13-2-5-15(21)6-3-13/h2-7,10-11H,9,12H2,1H3/b18-11+. The molecule has 28 heavy (non-hydrogen) atoms. The molecule has 1 heterocycles. The van der Waals surface area contributed by atoms with Gasteiger partial charge >= 0.3 is 0 Å². The molecule has 1 aliphatic heterocycles. The molecule has 0 atom stereocenters. The lowest BCUT2D eigenvalue weighted by Crippen LogP contribution is -2.27. The van der Waals surface area contributed by atoms with Gasteiger partial charge in [-0.1, -0.05) is 29.8 Å². The maximum Gasteiger partial charge on any atom is 0.293 e. The van der Waals surface area contributed by atoms with Gasteiger partial charge in [-0.05, 0) is 53.2 Å². The molecule has 0 aromatic heterocycles. The molecule has 2 amide bonds. The summed E-state index contributed by atoms with van der Waals surface area (Å²) < 4.78 is 10.5. The number of rotatable bonds is 6. The van der Waals surface area contributed by atoms with Crippen molar-refractivity contribution >= 4 is 40.6 Å². The Morgan fingerprint density at radius 1 is 1.18 bits per heavy atom. The highest BCUT2D eigenvalue weighted by atomic mass is 35.5. The molecule has 0 bridgehead atoms. The first-order chi connectivity index (χ1) is 13.5. The van der Waals surface area contributed by atoms with Crippen molar-refractivity contribution in [2.24, 2.45) is 0 Å². The average molecular weight is 415 g/mol. The van der Waals surface area contributed by atoms with Crippen LogP contribution in [0.15, 0.2) is 47.4 Å². The number of hydrogen-bond donors (Lipinski definition) is 0. The molecular weight excluding hydrogens is 400 g/mol. The second-order valence-electron chi connectivity index (χ2n) is 5.75. The molecule has 1 fully saturated rings. The van der Waals surface area contributed by atoms with Crippen LogP contribution in [-0.4, -0.2) is 29.8 Å². The molecule has 0 spiro atoms. The predicted molar refractivity (Wildman–Crippen MR) is 107 cm³/mol. The predicted octanol–water partition coefficient (Wildman–Crippen LogP) is 4.49. The quantitative estimate of drug-likeness (QED) is 0.648. The van der Waals surface area contributed by atoms with E-state index in [-0.39, 0.29) is 24.3 Å². The third kappa shape index (κ3) is 4.47. The Hall–Kier alpha value is -2.95. The summed E-state index contributed by atoms with van der Waals surface area (Å²) in [6.45, 7) is 0.0860. The van der Waals surface area contributed by atoms with Gasteiger partial charge in [0.2, 0.25) is 0 Å². The van der Waals surface area contributed by atoms with Crippen LogP contribution in [-0.2, 0) is 11.3 Å². The topological polar surface area (TPSA) is 79.6 Å². The van der Waals surface area contributed by atoms with Crippen LogP contribution in [0.2, 0.25) is 5.02 Å². The number of ether oxygens (including phenoxy) is 2. The number of hydrogen-bond acceptors (Lipinski definition) is 6. The van der Waals surface area contributed by atoms with Gasteiger partial charge in [-0.15, -0.1) is 0 Å². The van der Waals surface area contributed by atoms with Crippen molar-refractivity contribution in [1.82, 2.24) is 4.90 Å². The zero-order valence-corrected chi connectivity index (χ0v) is 16.4. The maximum absolute atomic E-state index is 12.7. The van der Waals surface area contributed by atoms with E-state index in [0.29, 0.717) is 27.0 Å². The Kier molecular flexibility index (Phi) is 6.24. The number of halogens is 1. The first kappa shape index (κ1) is 19.8. The Balaban J connectivity index is 1.79. The number of amides is 2. The summed E-state index contributed by atoms with van der Waals surface area (Å²) in [5.74, 6) is 0.509. The molecule has 0 N–H and O–H groups in total. The molecule has 1 aliphatic rings. The first-order valence-corrected chi connectivity index (χ1v) is 9.39. The van der Waals surface area contributed by atoms with Crippen LogP contribution in [0.1, 0.15) is 11.1 Å². The monoisotopic (exact) mass is 414 g/mol. The van der Waals surface area contributed by atoms with Gasteiger partial charge in [0, 0.05) is 5.02 Å². The number of thioether (sulfide) groups is 1. The van der Waals surface area contributed by atoms with Crippen LogP contribution >= 0.6 is 23.4 Å².